The fourth-order valence-electron chi connectivity index (χ4n) is 1.57. The zero-order valence-electron chi connectivity index (χ0n) is 10.9. The van der Waals surface area contributed by atoms with Crippen molar-refractivity contribution in [2.24, 2.45) is 0 Å². The smallest absolute Gasteiger partial charge is 0.335 e. The first-order valence-corrected chi connectivity index (χ1v) is 8.56. The minimum atomic E-state index is -1.91. The molecule has 2 unspecified atom stereocenters. The van der Waals surface area contributed by atoms with Crippen LogP contribution in [-0.4, -0.2) is 34.9 Å². The van der Waals surface area contributed by atoms with Crippen LogP contribution in [0.25, 0.3) is 0 Å². The highest BCUT2D eigenvalue weighted by Gasteiger charge is 2.31. The molecule has 0 aromatic heterocycles. The average molecular weight is 233 g/mol. The summed E-state index contributed by atoms with van der Waals surface area (Å²) in [5, 5.41) is 3.16. The highest BCUT2D eigenvalue weighted by atomic mass is 28.4. The highest BCUT2D eigenvalue weighted by Crippen LogP contribution is 2.18. The molecule has 0 aromatic rings. The Balaban J connectivity index is 4.05. The molecule has 4 heteroatoms. The van der Waals surface area contributed by atoms with E-state index in [1.54, 1.807) is 0 Å². The third kappa shape index (κ3) is 7.06. The zero-order chi connectivity index (χ0) is 11.7. The van der Waals surface area contributed by atoms with E-state index in [9.17, 15) is 0 Å². The maximum Gasteiger partial charge on any atom is 0.335 e. The summed E-state index contributed by atoms with van der Waals surface area (Å²) in [4.78, 5) is 0. The molecule has 0 radical (unpaired) electrons. The Morgan fingerprint density at radius 1 is 1.33 bits per heavy atom. The van der Waals surface area contributed by atoms with Crippen LogP contribution in [0, 0.1) is 0 Å². The van der Waals surface area contributed by atoms with Crippen LogP contribution >= 0.6 is 0 Å². The van der Waals surface area contributed by atoms with Crippen LogP contribution in [0.2, 0.25) is 12.6 Å². The van der Waals surface area contributed by atoms with Crippen LogP contribution in [0.5, 0.6) is 0 Å². The molecule has 15 heavy (non-hydrogen) atoms. The number of hydrogen-bond acceptors (Lipinski definition) is 3. The molecule has 0 saturated heterocycles. The lowest BCUT2D eigenvalue weighted by molar-refractivity contribution is 0.127. The molecule has 92 valence electrons. The van der Waals surface area contributed by atoms with E-state index in [1.165, 1.54) is 0 Å². The highest BCUT2D eigenvalue weighted by molar-refractivity contribution is 6.66. The maximum absolute atomic E-state index is 6.06. The number of nitrogens with one attached hydrogen (secondary N) is 1. The molecule has 0 saturated carbocycles. The average Bonchev–Trinajstić information content (AvgIpc) is 2.18. The lowest BCUT2D eigenvalue weighted by Gasteiger charge is -2.29. The molecule has 0 aliphatic heterocycles. The van der Waals surface area contributed by atoms with Gasteiger partial charge in [0.2, 0.25) is 0 Å². The van der Waals surface area contributed by atoms with Crippen molar-refractivity contribution in [2.75, 3.05) is 20.2 Å². The topological polar surface area (TPSA) is 30.5 Å². The standard InChI is InChI=1S/C11H27NO2Si/c1-6-11(3)14-15(5,13-7-2)10-8-9-12-4/h11-12H,6-10H2,1-5H3. The molecule has 0 aromatic carbocycles. The summed E-state index contributed by atoms with van der Waals surface area (Å²) in [6.07, 6.45) is 2.51. The van der Waals surface area contributed by atoms with E-state index in [2.05, 4.69) is 25.7 Å². The van der Waals surface area contributed by atoms with Gasteiger partial charge in [-0.2, -0.15) is 0 Å². The van der Waals surface area contributed by atoms with Gasteiger partial charge in [-0.3, -0.25) is 0 Å². The van der Waals surface area contributed by atoms with E-state index in [-0.39, 0.29) is 0 Å². The largest absolute Gasteiger partial charge is 0.395 e. The Labute approximate surface area is 95.8 Å². The quantitative estimate of drug-likeness (QED) is 0.490. The minimum Gasteiger partial charge on any atom is -0.395 e. The second kappa shape index (κ2) is 8.27. The Kier molecular flexibility index (Phi) is 8.33. The normalized spacial score (nSPS) is 17.4. The van der Waals surface area contributed by atoms with Gasteiger partial charge in [0.15, 0.2) is 0 Å². The second-order valence-electron chi connectivity index (χ2n) is 4.11. The summed E-state index contributed by atoms with van der Waals surface area (Å²) in [6, 6.07) is 1.08. The maximum atomic E-state index is 6.06. The van der Waals surface area contributed by atoms with E-state index in [0.29, 0.717) is 6.10 Å². The van der Waals surface area contributed by atoms with E-state index in [1.807, 2.05) is 14.0 Å². The molecule has 3 nitrogen and oxygen atoms in total. The lowest BCUT2D eigenvalue weighted by atomic mass is 10.3. The Bertz CT molecular complexity index is 158. The van der Waals surface area contributed by atoms with Crippen molar-refractivity contribution in [1.29, 1.82) is 0 Å². The van der Waals surface area contributed by atoms with Gasteiger partial charge in [0, 0.05) is 12.7 Å². The molecule has 0 aliphatic carbocycles. The first-order chi connectivity index (χ1) is 7.08. The van der Waals surface area contributed by atoms with E-state index in [0.717, 1.165) is 32.0 Å². The molecule has 0 fully saturated rings. The first kappa shape index (κ1) is 15.1. The van der Waals surface area contributed by atoms with Crippen molar-refractivity contribution in [1.82, 2.24) is 5.32 Å². The van der Waals surface area contributed by atoms with Crippen LogP contribution in [0.1, 0.15) is 33.6 Å². The van der Waals surface area contributed by atoms with Gasteiger partial charge in [0.25, 0.3) is 0 Å². The van der Waals surface area contributed by atoms with Crippen molar-refractivity contribution < 1.29 is 8.85 Å². The SMILES string of the molecule is CCO[Si](C)(CCCNC)OC(C)CC. The van der Waals surface area contributed by atoms with Crippen LogP contribution in [0.3, 0.4) is 0 Å². The van der Waals surface area contributed by atoms with Crippen molar-refractivity contribution >= 4 is 8.56 Å². The summed E-state index contributed by atoms with van der Waals surface area (Å²) in [5.74, 6) is 0. The van der Waals surface area contributed by atoms with Crippen LogP contribution < -0.4 is 5.32 Å². The predicted molar refractivity (Wildman–Crippen MR) is 67.4 cm³/mol. The first-order valence-electron chi connectivity index (χ1n) is 6.04. The van der Waals surface area contributed by atoms with Crippen LogP contribution in [0.4, 0.5) is 0 Å². The van der Waals surface area contributed by atoms with E-state index < -0.39 is 8.56 Å². The van der Waals surface area contributed by atoms with Gasteiger partial charge in [-0.05, 0) is 52.9 Å². The van der Waals surface area contributed by atoms with Gasteiger partial charge in [0.05, 0.1) is 0 Å². The summed E-state index contributed by atoms with van der Waals surface area (Å²) in [5.41, 5.74) is 0. The Morgan fingerprint density at radius 3 is 2.47 bits per heavy atom. The fourth-order valence-corrected chi connectivity index (χ4v) is 4.34. The molecule has 0 rings (SSSR count). The number of rotatable bonds is 9. The Hall–Kier alpha value is 0.0969. The molecule has 0 bridgehead atoms. The van der Waals surface area contributed by atoms with Crippen molar-refractivity contribution in [2.45, 2.75) is 52.3 Å². The molecule has 0 aliphatic rings. The van der Waals surface area contributed by atoms with Gasteiger partial charge >= 0.3 is 8.56 Å². The molecule has 1 N–H and O–H groups in total. The monoisotopic (exact) mass is 233 g/mol. The molecule has 0 spiro atoms. The van der Waals surface area contributed by atoms with Gasteiger partial charge in [0.1, 0.15) is 0 Å². The van der Waals surface area contributed by atoms with Crippen molar-refractivity contribution in [3.05, 3.63) is 0 Å². The summed E-state index contributed by atoms with van der Waals surface area (Å²) < 4.78 is 11.9. The van der Waals surface area contributed by atoms with Gasteiger partial charge in [-0.1, -0.05) is 6.92 Å². The second-order valence-corrected chi connectivity index (χ2v) is 7.40. The number of hydrogen-bond donors (Lipinski definition) is 1. The molecule has 0 heterocycles. The zero-order valence-corrected chi connectivity index (χ0v) is 11.9. The fraction of sp³-hybridized carbons (Fsp3) is 1.00. The van der Waals surface area contributed by atoms with Crippen molar-refractivity contribution in [3.8, 4) is 0 Å². The van der Waals surface area contributed by atoms with Crippen LogP contribution in [0.15, 0.2) is 0 Å². The van der Waals surface area contributed by atoms with Gasteiger partial charge in [-0.25, -0.2) is 0 Å². The molecular weight excluding hydrogens is 206 g/mol. The third-order valence-electron chi connectivity index (χ3n) is 2.53. The minimum absolute atomic E-state index is 0.322. The molecule has 0 amide bonds. The van der Waals surface area contributed by atoms with E-state index >= 15 is 0 Å². The third-order valence-corrected chi connectivity index (χ3v) is 5.59. The summed E-state index contributed by atoms with van der Waals surface area (Å²) in [6.45, 7) is 10.3. The molecule has 2 atom stereocenters. The van der Waals surface area contributed by atoms with Gasteiger partial charge < -0.3 is 14.2 Å². The lowest BCUT2D eigenvalue weighted by Crippen LogP contribution is -2.41. The van der Waals surface area contributed by atoms with Crippen molar-refractivity contribution in [3.63, 3.8) is 0 Å². The summed E-state index contributed by atoms with van der Waals surface area (Å²) >= 11 is 0. The van der Waals surface area contributed by atoms with Gasteiger partial charge in [-0.15, -0.1) is 0 Å². The predicted octanol–water partition coefficient (Wildman–Crippen LogP) is 2.52. The van der Waals surface area contributed by atoms with E-state index in [4.69, 9.17) is 8.85 Å². The Morgan fingerprint density at radius 2 is 2.00 bits per heavy atom. The molecular formula is C11H27NO2Si. The summed E-state index contributed by atoms with van der Waals surface area (Å²) in [7, 11) is 0.0705. The van der Waals surface area contributed by atoms with Crippen LogP contribution in [-0.2, 0) is 8.85 Å².